The van der Waals surface area contributed by atoms with Crippen LogP contribution in [0.5, 0.6) is 0 Å². The van der Waals surface area contributed by atoms with E-state index in [-0.39, 0.29) is 0 Å². The van der Waals surface area contributed by atoms with Gasteiger partial charge >= 0.3 is 0 Å². The second kappa shape index (κ2) is 16.5. The SMILES string of the molecule is c1ccc(-c2ccc(-c3ccc(-c4ccc(-c5ccc6c7ccccc7c7ccc(-c8ccc(-c9ccc(-c%10ccc(-c%11ccccn%11)cn%10)nc9)nc8)cc7c6c5)cn4)cn3)nc2)nc1. The minimum absolute atomic E-state index is 0.799. The number of nitrogens with zero attached hydrogens (tertiary/aromatic N) is 8. The first-order valence-electron chi connectivity index (χ1n) is 21.7. The Morgan fingerprint density at radius 3 is 0.788 bits per heavy atom. The molecule has 12 aromatic rings. The summed E-state index contributed by atoms with van der Waals surface area (Å²) in [5, 5.41) is 7.24. The molecule has 8 aromatic heterocycles. The molecule has 308 valence electrons. The zero-order valence-corrected chi connectivity index (χ0v) is 35.4. The molecule has 66 heavy (non-hydrogen) atoms. The summed E-state index contributed by atoms with van der Waals surface area (Å²) < 4.78 is 0. The van der Waals surface area contributed by atoms with Crippen molar-refractivity contribution in [2.24, 2.45) is 0 Å². The van der Waals surface area contributed by atoms with Crippen LogP contribution in [0, 0.1) is 0 Å². The second-order valence-corrected chi connectivity index (χ2v) is 16.1. The monoisotopic (exact) mass is 844 g/mol. The molecule has 0 fully saturated rings. The zero-order valence-electron chi connectivity index (χ0n) is 35.4. The van der Waals surface area contributed by atoms with E-state index in [0.29, 0.717) is 0 Å². The summed E-state index contributed by atoms with van der Waals surface area (Å²) in [7, 11) is 0. The molecule has 0 bridgehead atoms. The molecule has 0 saturated heterocycles. The molecule has 8 nitrogen and oxygen atoms in total. The number of fused-ring (bicyclic) bond motifs is 6. The minimum atomic E-state index is 0.799. The number of benzene rings is 4. The molecule has 0 spiro atoms. The lowest BCUT2D eigenvalue weighted by atomic mass is 9.90. The first-order chi connectivity index (χ1) is 32.7. The Hall–Kier alpha value is -9.14. The maximum absolute atomic E-state index is 4.90. The topological polar surface area (TPSA) is 103 Å². The van der Waals surface area contributed by atoms with Crippen molar-refractivity contribution in [3.63, 3.8) is 0 Å². The number of aromatic nitrogens is 8. The van der Waals surface area contributed by atoms with Gasteiger partial charge in [0.1, 0.15) is 0 Å². The van der Waals surface area contributed by atoms with Crippen molar-refractivity contribution in [2.75, 3.05) is 0 Å². The van der Waals surface area contributed by atoms with Crippen LogP contribution < -0.4 is 0 Å². The van der Waals surface area contributed by atoms with E-state index in [1.165, 1.54) is 32.3 Å². The van der Waals surface area contributed by atoms with Crippen molar-refractivity contribution in [1.82, 2.24) is 39.9 Å². The van der Waals surface area contributed by atoms with Gasteiger partial charge in [-0.2, -0.15) is 0 Å². The molecule has 0 aliphatic carbocycles. The molecule has 0 atom stereocenters. The quantitative estimate of drug-likeness (QED) is 0.139. The molecule has 0 N–H and O–H groups in total. The molecule has 0 radical (unpaired) electrons. The van der Waals surface area contributed by atoms with Gasteiger partial charge in [0.2, 0.25) is 0 Å². The van der Waals surface area contributed by atoms with Crippen molar-refractivity contribution in [3.8, 4) is 90.1 Å². The highest BCUT2D eigenvalue weighted by atomic mass is 14.8. The van der Waals surface area contributed by atoms with Crippen LogP contribution in [-0.2, 0) is 0 Å². The summed E-state index contributed by atoms with van der Waals surface area (Å²) >= 11 is 0. The summed E-state index contributed by atoms with van der Waals surface area (Å²) in [4.78, 5) is 37.4. The van der Waals surface area contributed by atoms with E-state index in [1.54, 1.807) is 12.4 Å². The van der Waals surface area contributed by atoms with Crippen molar-refractivity contribution in [2.45, 2.75) is 0 Å². The van der Waals surface area contributed by atoms with Crippen molar-refractivity contribution in [1.29, 1.82) is 0 Å². The Balaban J connectivity index is 0.809. The van der Waals surface area contributed by atoms with Gasteiger partial charge in [-0.05, 0) is 141 Å². The van der Waals surface area contributed by atoms with Gasteiger partial charge in [-0.15, -0.1) is 0 Å². The predicted molar refractivity (Wildman–Crippen MR) is 265 cm³/mol. The summed E-state index contributed by atoms with van der Waals surface area (Å²) in [5.41, 5.74) is 14.8. The van der Waals surface area contributed by atoms with Gasteiger partial charge in [0, 0.05) is 83.0 Å². The first-order valence-corrected chi connectivity index (χ1v) is 21.7. The predicted octanol–water partition coefficient (Wildman–Crippen LogP) is 13.6. The molecule has 12 rings (SSSR count). The molecular formula is C58H36N8. The van der Waals surface area contributed by atoms with Crippen LogP contribution in [0.25, 0.3) is 122 Å². The van der Waals surface area contributed by atoms with Crippen molar-refractivity contribution in [3.05, 3.63) is 219 Å². The third-order valence-corrected chi connectivity index (χ3v) is 12.1. The molecule has 8 heteroatoms. The van der Waals surface area contributed by atoms with Crippen LogP contribution in [0.2, 0.25) is 0 Å². The first kappa shape index (κ1) is 38.5. The molecular weight excluding hydrogens is 809 g/mol. The summed E-state index contributed by atoms with van der Waals surface area (Å²) in [6, 6.07) is 58.4. The van der Waals surface area contributed by atoms with Gasteiger partial charge in [-0.1, -0.05) is 72.8 Å². The van der Waals surface area contributed by atoms with Gasteiger partial charge in [0.15, 0.2) is 0 Å². The Morgan fingerprint density at radius 2 is 0.470 bits per heavy atom. The molecule has 0 unspecified atom stereocenters. The molecule has 0 aliphatic heterocycles. The number of pyridine rings is 8. The highest BCUT2D eigenvalue weighted by molar-refractivity contribution is 6.26. The Labute approximate surface area is 380 Å². The van der Waals surface area contributed by atoms with E-state index in [4.69, 9.17) is 19.9 Å². The Kier molecular flexibility index (Phi) is 9.65. The zero-order chi connectivity index (χ0) is 43.8. The average Bonchev–Trinajstić information content (AvgIpc) is 3.41. The maximum Gasteiger partial charge on any atom is 0.0886 e. The Morgan fingerprint density at radius 1 is 0.182 bits per heavy atom. The minimum Gasteiger partial charge on any atom is -0.256 e. The highest BCUT2D eigenvalue weighted by Gasteiger charge is 2.14. The van der Waals surface area contributed by atoms with E-state index >= 15 is 0 Å². The number of rotatable bonds is 8. The van der Waals surface area contributed by atoms with E-state index in [0.717, 1.165) is 90.1 Å². The van der Waals surface area contributed by atoms with Crippen molar-refractivity contribution < 1.29 is 0 Å². The van der Waals surface area contributed by atoms with Crippen molar-refractivity contribution >= 4 is 32.3 Å². The van der Waals surface area contributed by atoms with E-state index in [2.05, 4.69) is 105 Å². The van der Waals surface area contributed by atoms with E-state index in [9.17, 15) is 0 Å². The third kappa shape index (κ3) is 7.28. The Bertz CT molecular complexity index is 3430. The fraction of sp³-hybridized carbons (Fsp3) is 0. The standard InChI is InChI=1S/C58H36N8/c1-2-8-46-45(7-1)47-19-11-37(39-13-21-53(61-31-39)43-17-25-57(65-35-43)55-23-15-41(33-63-55)51-9-3-5-27-59-51)29-49(47)50-30-38(12-20-48(46)50)40-14-22-54(62-32-40)44-18-26-58(66-36-44)56-24-16-42(34-64-56)52-10-4-6-28-60-52/h1-36H. The lowest BCUT2D eigenvalue weighted by molar-refractivity contribution is 1.23. The van der Waals surface area contributed by atoms with Gasteiger partial charge < -0.3 is 0 Å². The summed E-state index contributed by atoms with van der Waals surface area (Å²) in [5.74, 6) is 0. The lowest BCUT2D eigenvalue weighted by Gasteiger charge is -2.14. The fourth-order valence-corrected chi connectivity index (χ4v) is 8.64. The fourth-order valence-electron chi connectivity index (χ4n) is 8.64. The van der Waals surface area contributed by atoms with Gasteiger partial charge in [0.25, 0.3) is 0 Å². The number of hydrogen-bond donors (Lipinski definition) is 0. The average molecular weight is 845 g/mol. The van der Waals surface area contributed by atoms with Gasteiger partial charge in [-0.3, -0.25) is 39.9 Å². The molecule has 8 heterocycles. The summed E-state index contributed by atoms with van der Waals surface area (Å²) in [6.07, 6.45) is 14.9. The molecule has 0 amide bonds. The smallest absolute Gasteiger partial charge is 0.0886 e. The van der Waals surface area contributed by atoms with Gasteiger partial charge in [-0.25, -0.2) is 0 Å². The van der Waals surface area contributed by atoms with Gasteiger partial charge in [0.05, 0.1) is 45.6 Å². The van der Waals surface area contributed by atoms with Crippen LogP contribution in [-0.4, -0.2) is 39.9 Å². The number of hydrogen-bond acceptors (Lipinski definition) is 8. The van der Waals surface area contributed by atoms with Crippen LogP contribution >= 0.6 is 0 Å². The van der Waals surface area contributed by atoms with E-state index in [1.807, 2.05) is 122 Å². The highest BCUT2D eigenvalue weighted by Crippen LogP contribution is 2.39. The third-order valence-electron chi connectivity index (χ3n) is 12.1. The maximum atomic E-state index is 4.90. The lowest BCUT2D eigenvalue weighted by Crippen LogP contribution is -1.91. The summed E-state index contributed by atoms with van der Waals surface area (Å²) in [6.45, 7) is 0. The second-order valence-electron chi connectivity index (χ2n) is 16.1. The molecule has 4 aromatic carbocycles. The van der Waals surface area contributed by atoms with Crippen LogP contribution in [0.1, 0.15) is 0 Å². The largest absolute Gasteiger partial charge is 0.256 e. The normalized spacial score (nSPS) is 11.3. The molecule has 0 saturated carbocycles. The van der Waals surface area contributed by atoms with Crippen LogP contribution in [0.3, 0.4) is 0 Å². The van der Waals surface area contributed by atoms with Crippen LogP contribution in [0.4, 0.5) is 0 Å². The molecule has 0 aliphatic rings. The van der Waals surface area contributed by atoms with E-state index < -0.39 is 0 Å². The van der Waals surface area contributed by atoms with Crippen LogP contribution in [0.15, 0.2) is 219 Å².